The molecule has 0 aromatic heterocycles. The number of alkyl carbamates (subject to hydrolysis) is 1. The third-order valence-corrected chi connectivity index (χ3v) is 2.86. The summed E-state index contributed by atoms with van der Waals surface area (Å²) in [7, 11) is 1.22. The highest BCUT2D eigenvalue weighted by atomic mass is 16.6. The van der Waals surface area contributed by atoms with Crippen molar-refractivity contribution in [2.45, 2.75) is 65.7 Å². The molecule has 8 heteroatoms. The van der Waals surface area contributed by atoms with Crippen LogP contribution in [0.3, 0.4) is 0 Å². The van der Waals surface area contributed by atoms with Gasteiger partial charge in [-0.2, -0.15) is 0 Å². The van der Waals surface area contributed by atoms with Crippen LogP contribution in [0.2, 0.25) is 0 Å². The van der Waals surface area contributed by atoms with Crippen LogP contribution in [0.1, 0.15) is 48.0 Å². The van der Waals surface area contributed by atoms with E-state index in [1.807, 2.05) is 0 Å². The molecule has 0 aliphatic carbocycles. The first kappa shape index (κ1) is 23.2. The Bertz CT molecular complexity index is 456. The van der Waals surface area contributed by atoms with E-state index < -0.39 is 35.7 Å². The molecule has 8 nitrogen and oxygen atoms in total. The third-order valence-electron chi connectivity index (χ3n) is 2.86. The number of methoxy groups -OCH3 is 1. The first-order valence-corrected chi connectivity index (χ1v) is 8.39. The highest BCUT2D eigenvalue weighted by Crippen LogP contribution is 2.19. The monoisotopic (exact) mass is 360 g/mol. The van der Waals surface area contributed by atoms with E-state index in [0.29, 0.717) is 0 Å². The van der Waals surface area contributed by atoms with Gasteiger partial charge in [-0.3, -0.25) is 4.79 Å². The van der Waals surface area contributed by atoms with Gasteiger partial charge in [0.05, 0.1) is 13.2 Å². The van der Waals surface area contributed by atoms with E-state index in [1.165, 1.54) is 12.0 Å². The van der Waals surface area contributed by atoms with Crippen LogP contribution in [0.5, 0.6) is 0 Å². The lowest BCUT2D eigenvalue weighted by atomic mass is 10.2. The number of ether oxygens (including phenoxy) is 2. The van der Waals surface area contributed by atoms with Crippen LogP contribution in [0, 0.1) is 5.92 Å². The fourth-order valence-corrected chi connectivity index (χ4v) is 2.01. The second-order valence-corrected chi connectivity index (χ2v) is 7.56. The molecule has 1 rings (SSSR count). The van der Waals surface area contributed by atoms with E-state index in [1.54, 1.807) is 20.8 Å². The Morgan fingerprint density at radius 1 is 1.24 bits per heavy atom. The smallest absolute Gasteiger partial charge is 0.408 e. The maximum atomic E-state index is 12.0. The highest BCUT2D eigenvalue weighted by molar-refractivity contribution is 5.88. The van der Waals surface area contributed by atoms with E-state index in [4.69, 9.17) is 4.74 Å². The maximum absolute atomic E-state index is 12.0. The molecule has 2 N–H and O–H groups in total. The van der Waals surface area contributed by atoms with Gasteiger partial charge in [0.1, 0.15) is 18.2 Å². The topological polar surface area (TPSA) is 105 Å². The summed E-state index contributed by atoms with van der Waals surface area (Å²) in [4.78, 5) is 36.3. The van der Waals surface area contributed by atoms with Gasteiger partial charge in [-0.1, -0.05) is 20.8 Å². The lowest BCUT2D eigenvalue weighted by Crippen LogP contribution is -2.46. The third kappa shape index (κ3) is 9.91. The van der Waals surface area contributed by atoms with Crippen LogP contribution in [0.4, 0.5) is 4.79 Å². The van der Waals surface area contributed by atoms with E-state index in [-0.39, 0.29) is 19.5 Å². The van der Waals surface area contributed by atoms with E-state index in [9.17, 15) is 19.5 Å². The average Bonchev–Trinajstić information content (AvgIpc) is 2.83. The van der Waals surface area contributed by atoms with Crippen LogP contribution in [0.15, 0.2) is 0 Å². The van der Waals surface area contributed by atoms with Crippen molar-refractivity contribution < 1.29 is 29.0 Å². The number of aliphatic hydroxyl groups is 1. The summed E-state index contributed by atoms with van der Waals surface area (Å²) in [5.41, 5.74) is -0.661. The minimum atomic E-state index is -0.821. The van der Waals surface area contributed by atoms with Crippen molar-refractivity contribution in [3.63, 3.8) is 0 Å². The molecule has 2 unspecified atom stereocenters. The molecule has 1 fully saturated rings. The Hall–Kier alpha value is -1.83. The van der Waals surface area contributed by atoms with Gasteiger partial charge in [-0.05, 0) is 26.7 Å². The second-order valence-electron chi connectivity index (χ2n) is 7.56. The lowest BCUT2D eigenvalue weighted by molar-refractivity contribution is -0.150. The summed E-state index contributed by atoms with van der Waals surface area (Å²) in [5.74, 6) is -0.232. The number of esters is 1. The van der Waals surface area contributed by atoms with Crippen molar-refractivity contribution >= 4 is 18.0 Å². The molecular formula is C17H32N2O6. The standard InChI is InChI=1S/C13H22N2O6.C4H10/c1-13(2,3)21-12(19)14-6-10(17)15-7-8(16)5-9(15)11(18)20-4;1-4(2)3/h8-9,16H,5-7H2,1-4H3,(H,14,19);4H,1-3H3. The zero-order valence-electron chi connectivity index (χ0n) is 16.3. The number of carbonyl (C=O) groups excluding carboxylic acids is 3. The van der Waals surface area contributed by atoms with Crippen molar-refractivity contribution in [2.75, 3.05) is 20.2 Å². The van der Waals surface area contributed by atoms with Gasteiger partial charge in [-0.15, -0.1) is 0 Å². The molecule has 2 amide bonds. The zero-order chi connectivity index (χ0) is 19.8. The number of hydrogen-bond acceptors (Lipinski definition) is 6. The van der Waals surface area contributed by atoms with Gasteiger partial charge < -0.3 is 24.8 Å². The molecule has 1 heterocycles. The van der Waals surface area contributed by atoms with Crippen molar-refractivity contribution in [3.8, 4) is 0 Å². The molecule has 1 aliphatic rings. The molecule has 25 heavy (non-hydrogen) atoms. The van der Waals surface area contributed by atoms with Crippen molar-refractivity contribution in [3.05, 3.63) is 0 Å². The minimum absolute atomic E-state index is 0.0363. The number of nitrogens with zero attached hydrogens (tertiary/aromatic N) is 1. The quantitative estimate of drug-likeness (QED) is 0.735. The first-order valence-electron chi connectivity index (χ1n) is 8.39. The molecule has 0 bridgehead atoms. The van der Waals surface area contributed by atoms with Crippen LogP contribution in [-0.2, 0) is 19.1 Å². The predicted octanol–water partition coefficient (Wildman–Crippen LogP) is 1.31. The van der Waals surface area contributed by atoms with Crippen LogP contribution < -0.4 is 5.32 Å². The first-order chi connectivity index (χ1) is 11.4. The van der Waals surface area contributed by atoms with Crippen LogP contribution in [-0.4, -0.2) is 65.9 Å². The molecule has 1 saturated heterocycles. The Labute approximate surface area is 149 Å². The Balaban J connectivity index is 0.00000129. The molecule has 0 aromatic rings. The van der Waals surface area contributed by atoms with Gasteiger partial charge in [0.25, 0.3) is 0 Å². The summed E-state index contributed by atoms with van der Waals surface area (Å²) in [6, 6.07) is -0.821. The molecule has 0 spiro atoms. The normalized spacial score (nSPS) is 19.8. The van der Waals surface area contributed by atoms with Gasteiger partial charge >= 0.3 is 12.1 Å². The number of amides is 2. The summed E-state index contributed by atoms with van der Waals surface area (Å²) >= 11 is 0. The molecule has 146 valence electrons. The van der Waals surface area contributed by atoms with E-state index in [0.717, 1.165) is 5.92 Å². The van der Waals surface area contributed by atoms with Gasteiger partial charge in [0, 0.05) is 13.0 Å². The fourth-order valence-electron chi connectivity index (χ4n) is 2.01. The number of aliphatic hydroxyl groups excluding tert-OH is 1. The molecule has 2 atom stereocenters. The average molecular weight is 360 g/mol. The molecule has 0 radical (unpaired) electrons. The Morgan fingerprint density at radius 3 is 2.20 bits per heavy atom. The number of hydrogen-bond donors (Lipinski definition) is 2. The second kappa shape index (κ2) is 10.2. The van der Waals surface area contributed by atoms with Gasteiger partial charge in [-0.25, -0.2) is 9.59 Å². The summed E-state index contributed by atoms with van der Waals surface area (Å²) in [6.45, 7) is 11.3. The SMILES string of the molecule is CC(C)C.COC(=O)C1CC(O)CN1C(=O)CNC(=O)OC(C)(C)C. The number of carbonyl (C=O) groups is 3. The van der Waals surface area contributed by atoms with Crippen LogP contribution >= 0.6 is 0 Å². The van der Waals surface area contributed by atoms with Gasteiger partial charge in [0.15, 0.2) is 0 Å². The molecular weight excluding hydrogens is 328 g/mol. The summed E-state index contributed by atoms with van der Waals surface area (Å²) < 4.78 is 9.60. The fraction of sp³-hybridized carbons (Fsp3) is 0.824. The number of nitrogens with one attached hydrogen (secondary N) is 1. The largest absolute Gasteiger partial charge is 0.467 e. The Morgan fingerprint density at radius 2 is 1.76 bits per heavy atom. The number of likely N-dealkylation sites (tertiary alicyclic amines) is 1. The lowest BCUT2D eigenvalue weighted by Gasteiger charge is -2.23. The number of rotatable bonds is 3. The van der Waals surface area contributed by atoms with Crippen molar-refractivity contribution in [1.29, 1.82) is 0 Å². The van der Waals surface area contributed by atoms with E-state index in [2.05, 4.69) is 30.8 Å². The van der Waals surface area contributed by atoms with E-state index >= 15 is 0 Å². The maximum Gasteiger partial charge on any atom is 0.408 e. The molecule has 0 saturated carbocycles. The summed E-state index contributed by atoms with van der Waals surface area (Å²) in [6.07, 6.45) is -1.37. The van der Waals surface area contributed by atoms with Crippen molar-refractivity contribution in [1.82, 2.24) is 10.2 Å². The zero-order valence-corrected chi connectivity index (χ0v) is 16.3. The van der Waals surface area contributed by atoms with Crippen molar-refractivity contribution in [2.24, 2.45) is 5.92 Å². The summed E-state index contributed by atoms with van der Waals surface area (Å²) in [5, 5.41) is 11.9. The Kier molecular flexibility index (Phi) is 9.48. The minimum Gasteiger partial charge on any atom is -0.467 e. The van der Waals surface area contributed by atoms with Crippen LogP contribution in [0.25, 0.3) is 0 Å². The van der Waals surface area contributed by atoms with Gasteiger partial charge in [0.2, 0.25) is 5.91 Å². The highest BCUT2D eigenvalue weighted by Gasteiger charge is 2.39. The predicted molar refractivity (Wildman–Crippen MR) is 92.9 cm³/mol. The number of β-amino-alcohol motifs (C(OH)–C–C–N with tert-alkyl or cyclic N) is 1. The molecule has 0 aromatic carbocycles. The molecule has 1 aliphatic heterocycles.